The van der Waals surface area contributed by atoms with Crippen LogP contribution in [0.3, 0.4) is 0 Å². The molecule has 0 aliphatic heterocycles. The van der Waals surface area contributed by atoms with Crippen LogP contribution in [0.4, 0.5) is 5.69 Å². The first-order valence-corrected chi connectivity index (χ1v) is 6.68. The Morgan fingerprint density at radius 2 is 2.06 bits per heavy atom. The predicted molar refractivity (Wildman–Crippen MR) is 72.6 cm³/mol. The normalized spacial score (nSPS) is 9.94. The van der Waals surface area contributed by atoms with E-state index >= 15 is 0 Å². The van der Waals surface area contributed by atoms with Crippen molar-refractivity contribution in [3.63, 3.8) is 0 Å². The maximum Gasteiger partial charge on any atom is 0.262 e. The Labute approximate surface area is 112 Å². The van der Waals surface area contributed by atoms with Gasteiger partial charge in [0, 0.05) is 9.85 Å². The third-order valence-electron chi connectivity index (χ3n) is 1.99. The quantitative estimate of drug-likeness (QED) is 0.938. The molecule has 0 bridgehead atoms. The highest BCUT2D eigenvalue weighted by atomic mass is 79.9. The molecule has 0 aliphatic carbocycles. The minimum absolute atomic E-state index is 0.0114. The van der Waals surface area contributed by atoms with Crippen molar-refractivity contribution in [1.29, 1.82) is 0 Å². The summed E-state index contributed by atoms with van der Waals surface area (Å²) in [6.45, 7) is 0.0114. The first kappa shape index (κ1) is 12.1. The van der Waals surface area contributed by atoms with Gasteiger partial charge in [-0.3, -0.25) is 4.79 Å². The molecule has 0 fully saturated rings. The molecule has 88 valence electrons. The highest BCUT2D eigenvalue weighted by Crippen LogP contribution is 2.16. The van der Waals surface area contributed by atoms with Crippen molar-refractivity contribution in [1.82, 2.24) is 0 Å². The van der Waals surface area contributed by atoms with Gasteiger partial charge in [0.1, 0.15) is 5.75 Å². The Balaban J connectivity index is 1.82. The van der Waals surface area contributed by atoms with Crippen LogP contribution < -0.4 is 10.1 Å². The van der Waals surface area contributed by atoms with Gasteiger partial charge in [-0.25, -0.2) is 0 Å². The van der Waals surface area contributed by atoms with E-state index in [0.717, 1.165) is 10.2 Å². The number of anilines is 1. The van der Waals surface area contributed by atoms with E-state index in [1.165, 1.54) is 11.3 Å². The summed E-state index contributed by atoms with van der Waals surface area (Å²) in [5.41, 5.74) is 0.805. The van der Waals surface area contributed by atoms with Crippen molar-refractivity contribution in [3.8, 4) is 5.75 Å². The van der Waals surface area contributed by atoms with Gasteiger partial charge in [0.2, 0.25) is 0 Å². The molecule has 0 saturated heterocycles. The second-order valence-electron chi connectivity index (χ2n) is 3.30. The van der Waals surface area contributed by atoms with Crippen LogP contribution in [-0.2, 0) is 4.79 Å². The van der Waals surface area contributed by atoms with Crippen molar-refractivity contribution < 1.29 is 9.53 Å². The molecule has 0 spiro atoms. The van der Waals surface area contributed by atoms with Gasteiger partial charge in [-0.15, -0.1) is 0 Å². The molecule has 0 unspecified atom stereocenters. The zero-order chi connectivity index (χ0) is 12.1. The molecule has 0 saturated carbocycles. The fraction of sp³-hybridized carbons (Fsp3) is 0.0833. The van der Waals surface area contributed by atoms with Gasteiger partial charge in [0.15, 0.2) is 6.61 Å². The molecular formula is C12H10BrNO2S. The molecular weight excluding hydrogens is 302 g/mol. The van der Waals surface area contributed by atoms with E-state index in [1.54, 1.807) is 0 Å². The standard InChI is InChI=1S/C12H10BrNO2S/c13-9-1-3-11(4-2-9)16-7-12(15)14-10-5-6-17-8-10/h1-6,8H,7H2,(H,14,15). The second kappa shape index (κ2) is 5.84. The number of carbonyl (C=O) groups is 1. The van der Waals surface area contributed by atoms with Crippen LogP contribution in [0.5, 0.6) is 5.75 Å². The Hall–Kier alpha value is -1.33. The lowest BCUT2D eigenvalue weighted by atomic mass is 10.3. The van der Waals surface area contributed by atoms with E-state index < -0.39 is 0 Å². The lowest BCUT2D eigenvalue weighted by Crippen LogP contribution is -2.19. The third-order valence-corrected chi connectivity index (χ3v) is 3.20. The number of amides is 1. The van der Waals surface area contributed by atoms with Gasteiger partial charge in [-0.05, 0) is 35.7 Å². The summed E-state index contributed by atoms with van der Waals surface area (Å²) in [5, 5.41) is 6.52. The molecule has 17 heavy (non-hydrogen) atoms. The van der Waals surface area contributed by atoms with Gasteiger partial charge in [-0.1, -0.05) is 15.9 Å². The summed E-state index contributed by atoms with van der Waals surface area (Å²) in [5.74, 6) is 0.514. The molecule has 0 radical (unpaired) electrons. The molecule has 0 aliphatic rings. The zero-order valence-corrected chi connectivity index (χ0v) is 11.3. The number of benzene rings is 1. The van der Waals surface area contributed by atoms with Crippen LogP contribution in [0.15, 0.2) is 45.6 Å². The SMILES string of the molecule is O=C(COc1ccc(Br)cc1)Nc1ccsc1. The Morgan fingerprint density at radius 1 is 1.29 bits per heavy atom. The van der Waals surface area contributed by atoms with Gasteiger partial charge < -0.3 is 10.1 Å². The number of carbonyl (C=O) groups excluding carboxylic acids is 1. The van der Waals surface area contributed by atoms with Crippen LogP contribution in [-0.4, -0.2) is 12.5 Å². The Bertz CT molecular complexity index is 482. The first-order chi connectivity index (χ1) is 8.24. The fourth-order valence-electron chi connectivity index (χ4n) is 1.21. The summed E-state index contributed by atoms with van der Waals surface area (Å²) in [6, 6.07) is 9.20. The molecule has 3 nitrogen and oxygen atoms in total. The van der Waals surface area contributed by atoms with Crippen molar-refractivity contribution >= 4 is 38.9 Å². The van der Waals surface area contributed by atoms with Crippen LogP contribution in [0.1, 0.15) is 0 Å². The number of hydrogen-bond donors (Lipinski definition) is 1. The third kappa shape index (κ3) is 3.87. The van der Waals surface area contributed by atoms with Crippen molar-refractivity contribution in [3.05, 3.63) is 45.6 Å². The van der Waals surface area contributed by atoms with Crippen molar-refractivity contribution in [2.24, 2.45) is 0 Å². The monoisotopic (exact) mass is 311 g/mol. The van der Waals surface area contributed by atoms with Crippen LogP contribution in [0, 0.1) is 0 Å². The molecule has 1 aromatic heterocycles. The second-order valence-corrected chi connectivity index (χ2v) is 5.00. The highest BCUT2D eigenvalue weighted by molar-refractivity contribution is 9.10. The fourth-order valence-corrected chi connectivity index (χ4v) is 2.06. The molecule has 2 rings (SSSR count). The summed E-state index contributed by atoms with van der Waals surface area (Å²) < 4.78 is 6.32. The molecule has 1 heterocycles. The summed E-state index contributed by atoms with van der Waals surface area (Å²) in [7, 11) is 0. The highest BCUT2D eigenvalue weighted by Gasteiger charge is 2.03. The van der Waals surface area contributed by atoms with E-state index in [1.807, 2.05) is 41.1 Å². The molecule has 5 heteroatoms. The Kier molecular flexibility index (Phi) is 4.17. The molecule has 2 aromatic rings. The maximum absolute atomic E-state index is 11.5. The zero-order valence-electron chi connectivity index (χ0n) is 8.85. The first-order valence-electron chi connectivity index (χ1n) is 4.94. The Morgan fingerprint density at radius 3 is 2.71 bits per heavy atom. The summed E-state index contributed by atoms with van der Waals surface area (Å²) in [4.78, 5) is 11.5. The van der Waals surface area contributed by atoms with Crippen LogP contribution >= 0.6 is 27.3 Å². The molecule has 0 atom stereocenters. The minimum Gasteiger partial charge on any atom is -0.484 e. The van der Waals surface area contributed by atoms with Crippen LogP contribution in [0.25, 0.3) is 0 Å². The largest absolute Gasteiger partial charge is 0.484 e. The average Bonchev–Trinajstić information content (AvgIpc) is 2.81. The van der Waals surface area contributed by atoms with E-state index in [0.29, 0.717) is 5.75 Å². The lowest BCUT2D eigenvalue weighted by molar-refractivity contribution is -0.118. The van der Waals surface area contributed by atoms with E-state index in [2.05, 4.69) is 21.2 Å². The predicted octanol–water partition coefficient (Wildman–Crippen LogP) is 3.53. The maximum atomic E-state index is 11.5. The smallest absolute Gasteiger partial charge is 0.262 e. The van der Waals surface area contributed by atoms with E-state index in [-0.39, 0.29) is 12.5 Å². The van der Waals surface area contributed by atoms with Gasteiger partial charge in [-0.2, -0.15) is 11.3 Å². The van der Waals surface area contributed by atoms with E-state index in [4.69, 9.17) is 4.74 Å². The number of ether oxygens (including phenoxy) is 1. The van der Waals surface area contributed by atoms with Gasteiger partial charge >= 0.3 is 0 Å². The molecule has 1 amide bonds. The molecule has 1 N–H and O–H groups in total. The summed E-state index contributed by atoms with van der Waals surface area (Å²) in [6.07, 6.45) is 0. The number of thiophene rings is 1. The minimum atomic E-state index is -0.161. The lowest BCUT2D eigenvalue weighted by Gasteiger charge is -2.06. The average molecular weight is 312 g/mol. The number of hydrogen-bond acceptors (Lipinski definition) is 3. The molecule has 1 aromatic carbocycles. The van der Waals surface area contributed by atoms with Crippen LogP contribution in [0.2, 0.25) is 0 Å². The number of nitrogens with one attached hydrogen (secondary N) is 1. The summed E-state index contributed by atoms with van der Waals surface area (Å²) >= 11 is 4.87. The van der Waals surface area contributed by atoms with Gasteiger partial charge in [0.25, 0.3) is 5.91 Å². The van der Waals surface area contributed by atoms with Crippen molar-refractivity contribution in [2.45, 2.75) is 0 Å². The number of rotatable bonds is 4. The van der Waals surface area contributed by atoms with Crippen molar-refractivity contribution in [2.75, 3.05) is 11.9 Å². The topological polar surface area (TPSA) is 38.3 Å². The van der Waals surface area contributed by atoms with Gasteiger partial charge in [0.05, 0.1) is 5.69 Å². The number of halogens is 1. The van der Waals surface area contributed by atoms with E-state index in [9.17, 15) is 4.79 Å².